The van der Waals surface area contributed by atoms with Crippen LogP contribution >= 0.6 is 27.5 Å². The summed E-state index contributed by atoms with van der Waals surface area (Å²) in [5.74, 6) is -0.357. The van der Waals surface area contributed by atoms with Crippen molar-refractivity contribution in [3.05, 3.63) is 63.2 Å². The predicted molar refractivity (Wildman–Crippen MR) is 96.3 cm³/mol. The number of carbonyl (C=O) groups is 1. The first-order valence-corrected chi connectivity index (χ1v) is 8.65. The Morgan fingerprint density at radius 3 is 2.80 bits per heavy atom. The zero-order valence-corrected chi connectivity index (χ0v) is 15.6. The summed E-state index contributed by atoms with van der Waals surface area (Å²) in [6.07, 6.45) is 3.44. The van der Waals surface area contributed by atoms with E-state index in [4.69, 9.17) is 11.6 Å². The highest BCUT2D eigenvalue weighted by Gasteiger charge is 2.16. The van der Waals surface area contributed by atoms with Gasteiger partial charge in [0.25, 0.3) is 5.91 Å². The van der Waals surface area contributed by atoms with Gasteiger partial charge < -0.3 is 5.32 Å². The minimum Gasteiger partial charge on any atom is -0.304 e. The first kappa shape index (κ1) is 17.6. The molecule has 1 N–H and O–H groups in total. The largest absolute Gasteiger partial charge is 0.304 e. The van der Waals surface area contributed by atoms with E-state index >= 15 is 0 Å². The Balaban J connectivity index is 1.70. The van der Waals surface area contributed by atoms with Crippen molar-refractivity contribution in [3.8, 4) is 0 Å². The van der Waals surface area contributed by atoms with Gasteiger partial charge in [0.05, 0.1) is 11.0 Å². The van der Waals surface area contributed by atoms with Gasteiger partial charge in [0, 0.05) is 30.0 Å². The standard InChI is InChI=1S/C16H14BrClFN5O/c1-2-23-9-12(17)15(22-23)16(25)20-14-5-6-24(21-14)8-10-3-4-11(19)7-13(10)18/h3-7,9H,2,8H2,1H3,(H,20,21,25). The minimum atomic E-state index is -0.390. The number of hydrogen-bond acceptors (Lipinski definition) is 3. The molecule has 3 aromatic rings. The average molecular weight is 427 g/mol. The number of amides is 1. The molecule has 0 bridgehead atoms. The van der Waals surface area contributed by atoms with Crippen molar-refractivity contribution in [2.45, 2.75) is 20.0 Å². The van der Waals surface area contributed by atoms with Gasteiger partial charge in [-0.25, -0.2) is 4.39 Å². The summed E-state index contributed by atoms with van der Waals surface area (Å²) < 4.78 is 17.0. The Morgan fingerprint density at radius 2 is 2.12 bits per heavy atom. The van der Waals surface area contributed by atoms with E-state index in [-0.39, 0.29) is 17.4 Å². The maximum atomic E-state index is 13.1. The lowest BCUT2D eigenvalue weighted by Crippen LogP contribution is -2.14. The van der Waals surface area contributed by atoms with Gasteiger partial charge in [0.2, 0.25) is 0 Å². The van der Waals surface area contributed by atoms with Crippen LogP contribution in [0.4, 0.5) is 10.2 Å². The van der Waals surface area contributed by atoms with Crippen molar-refractivity contribution >= 4 is 39.3 Å². The lowest BCUT2D eigenvalue weighted by molar-refractivity contribution is 0.102. The fraction of sp³-hybridized carbons (Fsp3) is 0.188. The Bertz CT molecular complexity index is 923. The summed E-state index contributed by atoms with van der Waals surface area (Å²) in [7, 11) is 0. The van der Waals surface area contributed by atoms with Gasteiger partial charge in [0.15, 0.2) is 11.5 Å². The van der Waals surface area contributed by atoms with Gasteiger partial charge in [-0.2, -0.15) is 10.2 Å². The third-order valence-corrected chi connectivity index (χ3v) is 4.42. The molecule has 1 aromatic carbocycles. The molecule has 0 aliphatic heterocycles. The van der Waals surface area contributed by atoms with E-state index in [9.17, 15) is 9.18 Å². The van der Waals surface area contributed by atoms with Crippen LogP contribution in [0.2, 0.25) is 5.02 Å². The summed E-state index contributed by atoms with van der Waals surface area (Å²) in [5, 5.41) is 11.5. The maximum absolute atomic E-state index is 13.1. The number of rotatable bonds is 5. The van der Waals surface area contributed by atoms with Crippen LogP contribution in [0, 0.1) is 5.82 Å². The molecular weight excluding hydrogens is 413 g/mol. The van der Waals surface area contributed by atoms with Gasteiger partial charge >= 0.3 is 0 Å². The van der Waals surface area contributed by atoms with Crippen molar-refractivity contribution in [2.75, 3.05) is 5.32 Å². The monoisotopic (exact) mass is 425 g/mol. The Kier molecular flexibility index (Phi) is 5.19. The lowest BCUT2D eigenvalue weighted by Gasteiger charge is -2.05. The van der Waals surface area contributed by atoms with Gasteiger partial charge in [-0.15, -0.1) is 0 Å². The maximum Gasteiger partial charge on any atom is 0.278 e. The molecule has 0 aliphatic rings. The lowest BCUT2D eigenvalue weighted by atomic mass is 10.2. The molecule has 0 fully saturated rings. The van der Waals surface area contributed by atoms with Crippen LogP contribution in [0.25, 0.3) is 0 Å². The SMILES string of the molecule is CCn1cc(Br)c(C(=O)Nc2ccn(Cc3ccc(F)cc3Cl)n2)n1. The van der Waals surface area contributed by atoms with E-state index in [1.807, 2.05) is 6.92 Å². The first-order valence-electron chi connectivity index (χ1n) is 7.48. The molecule has 9 heteroatoms. The van der Waals surface area contributed by atoms with Crippen molar-refractivity contribution in [2.24, 2.45) is 0 Å². The number of carbonyl (C=O) groups excluding carboxylic acids is 1. The number of benzene rings is 1. The number of aromatic nitrogens is 4. The molecule has 130 valence electrons. The second-order valence-corrected chi connectivity index (χ2v) is 6.53. The molecule has 6 nitrogen and oxygen atoms in total. The van der Waals surface area contributed by atoms with Crippen molar-refractivity contribution < 1.29 is 9.18 Å². The van der Waals surface area contributed by atoms with Crippen LogP contribution < -0.4 is 5.32 Å². The third kappa shape index (κ3) is 4.08. The molecule has 2 aromatic heterocycles. The van der Waals surface area contributed by atoms with Crippen molar-refractivity contribution in [1.29, 1.82) is 0 Å². The van der Waals surface area contributed by atoms with E-state index < -0.39 is 0 Å². The van der Waals surface area contributed by atoms with Gasteiger partial charge in [-0.05, 0) is 40.5 Å². The van der Waals surface area contributed by atoms with Crippen LogP contribution in [-0.2, 0) is 13.1 Å². The smallest absolute Gasteiger partial charge is 0.278 e. The number of halogens is 3. The van der Waals surface area contributed by atoms with Crippen LogP contribution in [0.1, 0.15) is 23.0 Å². The molecule has 0 atom stereocenters. The molecule has 0 radical (unpaired) electrons. The van der Waals surface area contributed by atoms with E-state index in [1.165, 1.54) is 12.1 Å². The van der Waals surface area contributed by atoms with Crippen LogP contribution in [-0.4, -0.2) is 25.5 Å². The summed E-state index contributed by atoms with van der Waals surface area (Å²) in [5.41, 5.74) is 1.02. The Labute approximate surface area is 156 Å². The second kappa shape index (κ2) is 7.37. The molecule has 3 rings (SSSR count). The number of nitrogens with one attached hydrogen (secondary N) is 1. The van der Waals surface area contributed by atoms with E-state index in [2.05, 4.69) is 31.4 Å². The van der Waals surface area contributed by atoms with E-state index in [1.54, 1.807) is 33.9 Å². The van der Waals surface area contributed by atoms with E-state index in [0.717, 1.165) is 5.56 Å². The minimum absolute atomic E-state index is 0.290. The van der Waals surface area contributed by atoms with Gasteiger partial charge in [0.1, 0.15) is 5.82 Å². The molecule has 0 spiro atoms. The number of anilines is 1. The molecule has 0 saturated carbocycles. The summed E-state index contributed by atoms with van der Waals surface area (Å²) >= 11 is 9.34. The van der Waals surface area contributed by atoms with E-state index in [0.29, 0.717) is 28.4 Å². The van der Waals surface area contributed by atoms with Gasteiger partial charge in [-0.1, -0.05) is 17.7 Å². The molecule has 0 aliphatic carbocycles. The number of aryl methyl sites for hydroxylation is 1. The Hall–Kier alpha value is -2.19. The fourth-order valence-corrected chi connectivity index (χ4v) is 2.95. The van der Waals surface area contributed by atoms with Crippen molar-refractivity contribution in [1.82, 2.24) is 19.6 Å². The predicted octanol–water partition coefficient (Wildman–Crippen LogP) is 3.96. The van der Waals surface area contributed by atoms with Gasteiger partial charge in [-0.3, -0.25) is 14.2 Å². The van der Waals surface area contributed by atoms with Crippen molar-refractivity contribution in [3.63, 3.8) is 0 Å². The summed E-state index contributed by atoms with van der Waals surface area (Å²) in [4.78, 5) is 12.3. The first-order chi connectivity index (χ1) is 12.0. The third-order valence-electron chi connectivity index (χ3n) is 3.49. The molecule has 0 unspecified atom stereocenters. The molecule has 2 heterocycles. The highest BCUT2D eigenvalue weighted by molar-refractivity contribution is 9.10. The molecule has 25 heavy (non-hydrogen) atoms. The van der Waals surface area contributed by atoms with Crippen LogP contribution in [0.15, 0.2) is 41.1 Å². The average Bonchev–Trinajstić information content (AvgIpc) is 3.16. The zero-order valence-electron chi connectivity index (χ0n) is 13.2. The fourth-order valence-electron chi connectivity index (χ4n) is 2.23. The van der Waals surface area contributed by atoms with Crippen LogP contribution in [0.5, 0.6) is 0 Å². The summed E-state index contributed by atoms with van der Waals surface area (Å²) in [6.45, 7) is 2.96. The molecule has 0 saturated heterocycles. The highest BCUT2D eigenvalue weighted by atomic mass is 79.9. The normalized spacial score (nSPS) is 10.9. The van der Waals surface area contributed by atoms with Crippen LogP contribution in [0.3, 0.4) is 0 Å². The number of nitrogens with zero attached hydrogens (tertiary/aromatic N) is 4. The Morgan fingerprint density at radius 1 is 1.32 bits per heavy atom. The zero-order chi connectivity index (χ0) is 18.0. The quantitative estimate of drug-likeness (QED) is 0.672. The second-order valence-electron chi connectivity index (χ2n) is 5.27. The summed E-state index contributed by atoms with van der Waals surface area (Å²) in [6, 6.07) is 5.87. The topological polar surface area (TPSA) is 64.7 Å². The molecular formula is C16H14BrClFN5O. The highest BCUT2D eigenvalue weighted by Crippen LogP contribution is 2.19. The molecule has 1 amide bonds. The number of hydrogen-bond donors (Lipinski definition) is 1.